The third-order valence-corrected chi connectivity index (χ3v) is 4.85. The molecular weight excluding hydrogens is 362 g/mol. The van der Waals surface area contributed by atoms with Gasteiger partial charge in [-0.1, -0.05) is 18.2 Å². The van der Waals surface area contributed by atoms with Crippen LogP contribution in [0.25, 0.3) is 0 Å². The van der Waals surface area contributed by atoms with E-state index in [9.17, 15) is 9.59 Å². The van der Waals surface area contributed by atoms with Crippen LogP contribution in [-0.2, 0) is 6.42 Å². The van der Waals surface area contributed by atoms with E-state index in [0.717, 1.165) is 11.3 Å². The summed E-state index contributed by atoms with van der Waals surface area (Å²) in [6.45, 7) is 0.467. The Labute approximate surface area is 161 Å². The number of hydrogen-bond donors (Lipinski definition) is 2. The summed E-state index contributed by atoms with van der Waals surface area (Å²) >= 11 is 1.28. The first-order valence-corrected chi connectivity index (χ1v) is 9.26. The lowest BCUT2D eigenvalue weighted by molar-refractivity contribution is 0.0959. The van der Waals surface area contributed by atoms with E-state index in [2.05, 4.69) is 15.6 Å². The van der Waals surface area contributed by atoms with E-state index in [1.54, 1.807) is 43.1 Å². The van der Waals surface area contributed by atoms with Crippen LogP contribution in [0.1, 0.15) is 25.6 Å². The molecule has 138 valence electrons. The molecule has 0 aliphatic heterocycles. The SMILES string of the molecule is COc1ccccc1CCNC(=O)c1sccc1NC(=O)c1ccncc1. The highest BCUT2D eigenvalue weighted by Crippen LogP contribution is 2.23. The smallest absolute Gasteiger partial charge is 0.263 e. The van der Waals surface area contributed by atoms with E-state index in [1.807, 2.05) is 24.3 Å². The fourth-order valence-corrected chi connectivity index (χ4v) is 3.35. The Balaban J connectivity index is 1.60. The molecule has 2 heterocycles. The van der Waals surface area contributed by atoms with Gasteiger partial charge in [-0.25, -0.2) is 0 Å². The fraction of sp³-hybridized carbons (Fsp3) is 0.150. The molecule has 7 heteroatoms. The monoisotopic (exact) mass is 381 g/mol. The number of carbonyl (C=O) groups is 2. The standard InChI is InChI=1S/C20H19N3O3S/c1-26-17-5-3-2-4-14(17)8-12-22-20(25)18-16(9-13-27-18)23-19(24)15-6-10-21-11-7-15/h2-7,9-11,13H,8,12H2,1H3,(H,22,25)(H,23,24). The fourth-order valence-electron chi connectivity index (χ4n) is 2.58. The number of pyridine rings is 1. The Morgan fingerprint density at radius 2 is 1.85 bits per heavy atom. The van der Waals surface area contributed by atoms with Gasteiger partial charge < -0.3 is 15.4 Å². The third kappa shape index (κ3) is 4.71. The van der Waals surface area contributed by atoms with Gasteiger partial charge in [-0.2, -0.15) is 0 Å². The molecule has 3 rings (SSSR count). The lowest BCUT2D eigenvalue weighted by Gasteiger charge is -2.10. The number of rotatable bonds is 7. The number of amides is 2. The van der Waals surface area contributed by atoms with Gasteiger partial charge in [0, 0.05) is 24.5 Å². The van der Waals surface area contributed by atoms with Gasteiger partial charge >= 0.3 is 0 Å². The summed E-state index contributed by atoms with van der Waals surface area (Å²) in [5.41, 5.74) is 2.01. The number of thiophene rings is 1. The van der Waals surface area contributed by atoms with Crippen LogP contribution < -0.4 is 15.4 Å². The largest absolute Gasteiger partial charge is 0.496 e. The summed E-state index contributed by atoms with van der Waals surface area (Å²) in [6, 6.07) is 12.7. The zero-order valence-electron chi connectivity index (χ0n) is 14.8. The topological polar surface area (TPSA) is 80.3 Å². The van der Waals surface area contributed by atoms with Gasteiger partial charge in [-0.15, -0.1) is 11.3 Å². The highest BCUT2D eigenvalue weighted by Gasteiger charge is 2.16. The highest BCUT2D eigenvalue weighted by molar-refractivity contribution is 7.12. The Hall–Kier alpha value is -3.19. The minimum absolute atomic E-state index is 0.218. The van der Waals surface area contributed by atoms with Crippen molar-refractivity contribution in [3.63, 3.8) is 0 Å². The second-order valence-corrected chi connectivity index (χ2v) is 6.59. The van der Waals surface area contributed by atoms with Gasteiger partial charge in [0.05, 0.1) is 12.8 Å². The minimum Gasteiger partial charge on any atom is -0.496 e. The molecule has 0 unspecified atom stereocenters. The van der Waals surface area contributed by atoms with Crippen molar-refractivity contribution in [1.82, 2.24) is 10.3 Å². The van der Waals surface area contributed by atoms with Crippen LogP contribution in [0.5, 0.6) is 5.75 Å². The van der Waals surface area contributed by atoms with E-state index >= 15 is 0 Å². The molecule has 6 nitrogen and oxygen atoms in total. The van der Waals surface area contributed by atoms with Crippen molar-refractivity contribution in [3.8, 4) is 5.75 Å². The number of hydrogen-bond acceptors (Lipinski definition) is 5. The van der Waals surface area contributed by atoms with Crippen LogP contribution in [0.3, 0.4) is 0 Å². The summed E-state index contributed by atoms with van der Waals surface area (Å²) in [5.74, 6) is 0.303. The molecule has 0 spiro atoms. The Morgan fingerprint density at radius 3 is 2.63 bits per heavy atom. The maximum atomic E-state index is 12.5. The first-order valence-electron chi connectivity index (χ1n) is 8.38. The normalized spacial score (nSPS) is 10.3. The molecular formula is C20H19N3O3S. The van der Waals surface area contributed by atoms with Gasteiger partial charge in [0.1, 0.15) is 10.6 Å². The van der Waals surface area contributed by atoms with Crippen molar-refractivity contribution < 1.29 is 14.3 Å². The second-order valence-electron chi connectivity index (χ2n) is 5.67. The van der Waals surface area contributed by atoms with Crippen LogP contribution in [0.4, 0.5) is 5.69 Å². The number of ether oxygens (including phenoxy) is 1. The second kappa shape index (κ2) is 8.95. The number of methoxy groups -OCH3 is 1. The van der Waals surface area contributed by atoms with Crippen molar-refractivity contribution in [2.75, 3.05) is 19.0 Å². The molecule has 0 aliphatic rings. The van der Waals surface area contributed by atoms with Crippen LogP contribution in [0.15, 0.2) is 60.2 Å². The maximum Gasteiger partial charge on any atom is 0.263 e. The lowest BCUT2D eigenvalue weighted by atomic mass is 10.1. The number of anilines is 1. The lowest BCUT2D eigenvalue weighted by Crippen LogP contribution is -2.26. The van der Waals surface area contributed by atoms with Crippen molar-refractivity contribution in [2.24, 2.45) is 0 Å². The number of nitrogens with zero attached hydrogens (tertiary/aromatic N) is 1. The summed E-state index contributed by atoms with van der Waals surface area (Å²) in [7, 11) is 1.63. The van der Waals surface area contributed by atoms with E-state index in [0.29, 0.717) is 29.1 Å². The molecule has 0 bridgehead atoms. The molecule has 2 N–H and O–H groups in total. The highest BCUT2D eigenvalue weighted by atomic mass is 32.1. The molecule has 2 amide bonds. The Morgan fingerprint density at radius 1 is 1.07 bits per heavy atom. The van der Waals surface area contributed by atoms with Gasteiger partial charge in [-0.05, 0) is 41.6 Å². The van der Waals surface area contributed by atoms with E-state index in [4.69, 9.17) is 4.74 Å². The zero-order valence-corrected chi connectivity index (χ0v) is 15.6. The summed E-state index contributed by atoms with van der Waals surface area (Å²) in [5, 5.41) is 7.44. The summed E-state index contributed by atoms with van der Waals surface area (Å²) in [4.78, 5) is 29.1. The Kier molecular flexibility index (Phi) is 6.17. The van der Waals surface area contributed by atoms with Gasteiger partial charge in [0.15, 0.2) is 0 Å². The maximum absolute atomic E-state index is 12.5. The number of carbonyl (C=O) groups excluding carboxylic acids is 2. The van der Waals surface area contributed by atoms with Gasteiger partial charge in [-0.3, -0.25) is 14.6 Å². The number of benzene rings is 1. The molecule has 0 aliphatic carbocycles. The number of nitrogens with one attached hydrogen (secondary N) is 2. The van der Waals surface area contributed by atoms with Crippen LogP contribution >= 0.6 is 11.3 Å². The molecule has 27 heavy (non-hydrogen) atoms. The van der Waals surface area contributed by atoms with E-state index in [1.165, 1.54) is 11.3 Å². The van der Waals surface area contributed by atoms with Crippen molar-refractivity contribution in [3.05, 3.63) is 76.2 Å². The van der Waals surface area contributed by atoms with Crippen LogP contribution in [0, 0.1) is 0 Å². The molecule has 0 fully saturated rings. The van der Waals surface area contributed by atoms with E-state index in [-0.39, 0.29) is 11.8 Å². The molecule has 0 saturated carbocycles. The molecule has 3 aromatic rings. The zero-order chi connectivity index (χ0) is 19.1. The molecule has 1 aromatic carbocycles. The molecule has 2 aromatic heterocycles. The first-order chi connectivity index (χ1) is 13.2. The van der Waals surface area contributed by atoms with Gasteiger partial charge in [0.25, 0.3) is 11.8 Å². The predicted molar refractivity (Wildman–Crippen MR) is 106 cm³/mol. The molecule has 0 saturated heterocycles. The average Bonchev–Trinajstić information content (AvgIpc) is 3.17. The number of aromatic nitrogens is 1. The quantitative estimate of drug-likeness (QED) is 0.657. The average molecular weight is 381 g/mol. The van der Waals surface area contributed by atoms with Gasteiger partial charge in [0.2, 0.25) is 0 Å². The number of para-hydroxylation sites is 1. The third-order valence-electron chi connectivity index (χ3n) is 3.93. The predicted octanol–water partition coefficient (Wildman–Crippen LogP) is 3.38. The first kappa shape index (κ1) is 18.6. The minimum atomic E-state index is -0.279. The van der Waals surface area contributed by atoms with Crippen molar-refractivity contribution in [1.29, 1.82) is 0 Å². The molecule has 0 radical (unpaired) electrons. The Bertz CT molecular complexity index is 925. The van der Waals surface area contributed by atoms with E-state index < -0.39 is 0 Å². The van der Waals surface area contributed by atoms with Crippen LogP contribution in [0.2, 0.25) is 0 Å². The van der Waals surface area contributed by atoms with Crippen molar-refractivity contribution in [2.45, 2.75) is 6.42 Å². The van der Waals surface area contributed by atoms with Crippen molar-refractivity contribution >= 4 is 28.8 Å². The van der Waals surface area contributed by atoms with Crippen LogP contribution in [-0.4, -0.2) is 30.5 Å². The molecule has 0 atom stereocenters. The summed E-state index contributed by atoms with van der Waals surface area (Å²) in [6.07, 6.45) is 3.75. The summed E-state index contributed by atoms with van der Waals surface area (Å²) < 4.78 is 5.32.